The van der Waals surface area contributed by atoms with E-state index in [9.17, 15) is 26.4 Å². The van der Waals surface area contributed by atoms with E-state index in [2.05, 4.69) is 20.3 Å². The summed E-state index contributed by atoms with van der Waals surface area (Å²) in [7, 11) is -2.29. The number of thiazole rings is 1. The van der Waals surface area contributed by atoms with Gasteiger partial charge in [0.25, 0.3) is 0 Å². The number of pyridine rings is 2. The topological polar surface area (TPSA) is 160 Å². The number of carbonyl (C=O) groups is 2. The van der Waals surface area contributed by atoms with Crippen LogP contribution in [-0.4, -0.2) is 85.9 Å². The third-order valence-electron chi connectivity index (χ3n) is 4.79. The van der Waals surface area contributed by atoms with Gasteiger partial charge in [0.15, 0.2) is 10.9 Å². The van der Waals surface area contributed by atoms with E-state index >= 15 is 0 Å². The van der Waals surface area contributed by atoms with Gasteiger partial charge in [-0.1, -0.05) is 46.4 Å². The van der Waals surface area contributed by atoms with Gasteiger partial charge in [-0.25, -0.2) is 40.4 Å². The number of halogens is 4. The van der Waals surface area contributed by atoms with E-state index in [1.54, 1.807) is 11.6 Å². The van der Waals surface area contributed by atoms with Crippen molar-refractivity contribution in [1.29, 1.82) is 0 Å². The Morgan fingerprint density at radius 2 is 1.41 bits per heavy atom. The summed E-state index contributed by atoms with van der Waals surface area (Å²) in [5.41, 5.74) is -0.0276. The summed E-state index contributed by atoms with van der Waals surface area (Å²) in [6.07, 6.45) is 2.63. The van der Waals surface area contributed by atoms with Crippen LogP contribution >= 0.6 is 57.7 Å². The molecule has 0 radical (unpaired) electrons. The predicted molar refractivity (Wildman–Crippen MR) is 161 cm³/mol. The molecule has 41 heavy (non-hydrogen) atoms. The lowest BCUT2D eigenvalue weighted by molar-refractivity contribution is 0.101. The molecule has 0 aliphatic carbocycles. The van der Waals surface area contributed by atoms with Gasteiger partial charge in [0, 0.05) is 46.0 Å². The molecule has 222 valence electrons. The molecule has 19 heteroatoms. The van der Waals surface area contributed by atoms with Crippen LogP contribution in [0.2, 0.25) is 20.6 Å². The van der Waals surface area contributed by atoms with E-state index < -0.39 is 42.3 Å². The van der Waals surface area contributed by atoms with Gasteiger partial charge in [0.1, 0.15) is 31.3 Å². The van der Waals surface area contributed by atoms with E-state index in [1.165, 1.54) is 63.8 Å². The standard InChI is InChI=1S/C13H12Cl2N4O3S2.C9H10Cl2N2O3S/c1-19(2)24(21,22)9(7-17-13-16-5-6-23-13)11(20)8-3-4-10(14)18-12(8)15;1-13(2)17(15,16)5-7(14)6-3-4-8(10)12-9(6)11/h3-7H,1-2H3,(H,16,17);3-4H,5H2,1-2H3. The number of allylic oxidation sites excluding steroid dienone is 1. The number of nitrogens with one attached hydrogen (secondary N) is 1. The molecule has 0 saturated heterocycles. The van der Waals surface area contributed by atoms with Gasteiger partial charge >= 0.3 is 0 Å². The summed E-state index contributed by atoms with van der Waals surface area (Å²) in [6, 6.07) is 5.41. The average molecular weight is 704 g/mol. The summed E-state index contributed by atoms with van der Waals surface area (Å²) < 4.78 is 49.9. The molecular formula is C22H22Cl4N6O6S3. The van der Waals surface area contributed by atoms with Crippen molar-refractivity contribution in [2.75, 3.05) is 39.3 Å². The molecule has 0 saturated carbocycles. The highest BCUT2D eigenvalue weighted by atomic mass is 35.5. The average Bonchev–Trinajstić information content (AvgIpc) is 3.37. The molecule has 12 nitrogen and oxygen atoms in total. The van der Waals surface area contributed by atoms with Crippen LogP contribution in [0.5, 0.6) is 0 Å². The summed E-state index contributed by atoms with van der Waals surface area (Å²) in [4.78, 5) is 35.3. The number of carbonyl (C=O) groups excluding carboxylic acids is 2. The smallest absolute Gasteiger partial charge is 0.247 e. The molecule has 0 spiro atoms. The van der Waals surface area contributed by atoms with Crippen molar-refractivity contribution in [2.24, 2.45) is 0 Å². The van der Waals surface area contributed by atoms with Crippen molar-refractivity contribution in [3.05, 3.63) is 78.7 Å². The first kappa shape index (κ1) is 35.0. The van der Waals surface area contributed by atoms with Crippen LogP contribution in [-0.2, 0) is 20.0 Å². The van der Waals surface area contributed by atoms with Crippen molar-refractivity contribution < 1.29 is 26.4 Å². The van der Waals surface area contributed by atoms with E-state index in [4.69, 9.17) is 46.4 Å². The van der Waals surface area contributed by atoms with E-state index in [0.717, 1.165) is 14.8 Å². The van der Waals surface area contributed by atoms with Crippen LogP contribution in [0.15, 0.2) is 46.9 Å². The molecule has 1 N–H and O–H groups in total. The molecule has 3 rings (SSSR count). The Kier molecular flexibility index (Phi) is 12.6. The van der Waals surface area contributed by atoms with Gasteiger partial charge in [-0.15, -0.1) is 11.3 Å². The Balaban J connectivity index is 0.000000305. The van der Waals surface area contributed by atoms with Crippen molar-refractivity contribution >= 4 is 94.5 Å². The molecule has 3 aromatic heterocycles. The van der Waals surface area contributed by atoms with E-state index in [-0.39, 0.29) is 31.7 Å². The first-order chi connectivity index (χ1) is 19.0. The van der Waals surface area contributed by atoms with Gasteiger partial charge < -0.3 is 5.32 Å². The lowest BCUT2D eigenvalue weighted by Gasteiger charge is -2.14. The fourth-order valence-corrected chi connectivity index (χ4v) is 5.65. The number of anilines is 1. The molecule has 3 heterocycles. The summed E-state index contributed by atoms with van der Waals surface area (Å²) in [5, 5.41) is 4.80. The molecule has 0 aliphatic heterocycles. The third-order valence-corrected chi connectivity index (χ3v) is 10.0. The highest BCUT2D eigenvalue weighted by molar-refractivity contribution is 7.94. The number of hydrogen-bond donors (Lipinski definition) is 1. The Morgan fingerprint density at radius 3 is 1.85 bits per heavy atom. The largest absolute Gasteiger partial charge is 0.337 e. The number of aromatic nitrogens is 3. The monoisotopic (exact) mass is 702 g/mol. The second-order valence-corrected chi connectivity index (χ2v) is 14.7. The molecule has 0 aliphatic rings. The Bertz CT molecular complexity index is 1660. The number of ketones is 2. The number of hydrogen-bond acceptors (Lipinski definition) is 11. The van der Waals surface area contributed by atoms with E-state index in [1.807, 2.05) is 0 Å². The quantitative estimate of drug-likeness (QED) is 0.183. The highest BCUT2D eigenvalue weighted by Gasteiger charge is 2.30. The number of nitrogens with zero attached hydrogens (tertiary/aromatic N) is 5. The SMILES string of the molecule is CN(C)S(=O)(=O)C(=CNc1nccs1)C(=O)c1ccc(Cl)nc1Cl.CN(C)S(=O)(=O)CC(=O)c1ccc(Cl)nc1Cl. The Morgan fingerprint density at radius 1 is 0.878 bits per heavy atom. The summed E-state index contributed by atoms with van der Waals surface area (Å²) >= 11 is 24.2. The zero-order valence-electron chi connectivity index (χ0n) is 21.7. The van der Waals surface area contributed by atoms with Crippen molar-refractivity contribution in [3.63, 3.8) is 0 Å². The fourth-order valence-electron chi connectivity index (χ4n) is 2.58. The van der Waals surface area contributed by atoms with E-state index in [0.29, 0.717) is 5.13 Å². The fraction of sp³-hybridized carbons (Fsp3) is 0.227. The molecular weight excluding hydrogens is 682 g/mol. The van der Waals surface area contributed by atoms with Gasteiger partial charge in [-0.05, 0) is 24.3 Å². The summed E-state index contributed by atoms with van der Waals surface area (Å²) in [5.74, 6) is -2.07. The van der Waals surface area contributed by atoms with Gasteiger partial charge in [0.2, 0.25) is 25.8 Å². The maximum absolute atomic E-state index is 12.7. The van der Waals surface area contributed by atoms with Crippen LogP contribution in [0.4, 0.5) is 5.13 Å². The molecule has 0 atom stereocenters. The highest BCUT2D eigenvalue weighted by Crippen LogP contribution is 2.24. The second kappa shape index (κ2) is 14.8. The number of sulfonamides is 2. The Labute approximate surface area is 261 Å². The molecule has 0 bridgehead atoms. The first-order valence-electron chi connectivity index (χ1n) is 10.9. The van der Waals surface area contributed by atoms with Crippen LogP contribution in [0.25, 0.3) is 0 Å². The van der Waals surface area contributed by atoms with Crippen LogP contribution < -0.4 is 5.32 Å². The zero-order valence-corrected chi connectivity index (χ0v) is 27.1. The normalized spacial score (nSPS) is 12.2. The summed E-state index contributed by atoms with van der Waals surface area (Å²) in [6.45, 7) is 0. The second-order valence-electron chi connectivity index (χ2n) is 8.01. The van der Waals surface area contributed by atoms with Gasteiger partial charge in [0.05, 0.1) is 11.1 Å². The first-order valence-corrected chi connectivity index (χ1v) is 16.3. The predicted octanol–water partition coefficient (Wildman–Crippen LogP) is 4.34. The maximum atomic E-state index is 12.7. The molecule has 3 aromatic rings. The van der Waals surface area contributed by atoms with Gasteiger partial charge in [-0.3, -0.25) is 9.59 Å². The molecule has 0 unspecified atom stereocenters. The van der Waals surface area contributed by atoms with Crippen molar-refractivity contribution in [3.8, 4) is 0 Å². The molecule has 0 amide bonds. The van der Waals surface area contributed by atoms with Crippen molar-refractivity contribution in [2.45, 2.75) is 0 Å². The zero-order chi connectivity index (χ0) is 31.1. The minimum atomic E-state index is -4.03. The Hall–Kier alpha value is -2.21. The molecule has 0 fully saturated rings. The van der Waals surface area contributed by atoms with Crippen molar-refractivity contribution in [1.82, 2.24) is 23.6 Å². The minimum absolute atomic E-state index is 0.0430. The lowest BCUT2D eigenvalue weighted by Crippen LogP contribution is -2.29. The minimum Gasteiger partial charge on any atom is -0.337 e. The number of rotatable bonds is 10. The van der Waals surface area contributed by atoms with Crippen LogP contribution in [0, 0.1) is 0 Å². The van der Waals surface area contributed by atoms with Crippen LogP contribution in [0.1, 0.15) is 20.7 Å². The number of Topliss-reactive ketones (excluding diaryl/α,β-unsaturated/α-hetero) is 2. The molecule has 0 aromatic carbocycles. The van der Waals surface area contributed by atoms with Gasteiger partial charge in [-0.2, -0.15) is 0 Å². The maximum Gasteiger partial charge on any atom is 0.247 e. The van der Waals surface area contributed by atoms with Crippen LogP contribution in [0.3, 0.4) is 0 Å². The lowest BCUT2D eigenvalue weighted by atomic mass is 10.2. The third kappa shape index (κ3) is 9.66.